The summed E-state index contributed by atoms with van der Waals surface area (Å²) >= 11 is 0. The van der Waals surface area contributed by atoms with Crippen LogP contribution in [0.4, 0.5) is 0 Å². The summed E-state index contributed by atoms with van der Waals surface area (Å²) in [5.74, 6) is 0.627. The summed E-state index contributed by atoms with van der Waals surface area (Å²) in [6, 6.07) is -0.352. The van der Waals surface area contributed by atoms with Gasteiger partial charge in [0, 0.05) is 39.3 Å². The van der Waals surface area contributed by atoms with Crippen molar-refractivity contribution in [1.82, 2.24) is 24.1 Å². The molecule has 0 spiro atoms. The molecule has 1 saturated heterocycles. The molecule has 1 fully saturated rings. The summed E-state index contributed by atoms with van der Waals surface area (Å²) in [5.41, 5.74) is 0. The number of nitrogens with one attached hydrogen (secondary N) is 1. The summed E-state index contributed by atoms with van der Waals surface area (Å²) in [6.45, 7) is 0.305. The Balaban J connectivity index is 1.98. The van der Waals surface area contributed by atoms with Gasteiger partial charge < -0.3 is 9.72 Å². The minimum absolute atomic E-state index is 0.147. The van der Waals surface area contributed by atoms with Gasteiger partial charge in [-0.25, -0.2) is 13.4 Å². The summed E-state index contributed by atoms with van der Waals surface area (Å²) < 4.78 is 33.8. The van der Waals surface area contributed by atoms with E-state index < -0.39 is 10.0 Å². The standard InChI is InChI=1S/C12H17N5O3S/c1-16-8-10(6-15-16)21(18,19)17-7-9(20-2)5-11(17)12-13-3-4-14-12/h3-4,6,8-9,11H,5,7H2,1-2H3,(H,13,14)/t9-,11?/m1/s1. The number of hydrogen-bond donors (Lipinski definition) is 1. The second-order valence-electron chi connectivity index (χ2n) is 5.01. The van der Waals surface area contributed by atoms with E-state index in [2.05, 4.69) is 15.1 Å². The first kappa shape index (κ1) is 14.2. The third-order valence-corrected chi connectivity index (χ3v) is 5.50. The first-order chi connectivity index (χ1) is 10.0. The zero-order valence-electron chi connectivity index (χ0n) is 11.8. The van der Waals surface area contributed by atoms with E-state index in [0.29, 0.717) is 18.8 Å². The maximum absolute atomic E-state index is 12.8. The number of imidazole rings is 1. The van der Waals surface area contributed by atoms with Crippen LogP contribution in [-0.2, 0) is 21.8 Å². The number of ether oxygens (including phenoxy) is 1. The predicted molar refractivity (Wildman–Crippen MR) is 73.8 cm³/mol. The molecule has 1 aliphatic rings. The normalized spacial score (nSPS) is 23.7. The molecule has 8 nitrogen and oxygen atoms in total. The number of aromatic amines is 1. The SMILES string of the molecule is CO[C@@H]1CC(c2ncc[nH]2)N(S(=O)(=O)c2cnn(C)c2)C1. The van der Waals surface area contributed by atoms with Gasteiger partial charge in [0.2, 0.25) is 10.0 Å². The molecule has 2 aromatic heterocycles. The number of rotatable bonds is 4. The number of aromatic nitrogens is 4. The largest absolute Gasteiger partial charge is 0.380 e. The number of nitrogens with zero attached hydrogens (tertiary/aromatic N) is 4. The Morgan fingerprint density at radius 3 is 2.86 bits per heavy atom. The second-order valence-corrected chi connectivity index (χ2v) is 6.90. The summed E-state index contributed by atoms with van der Waals surface area (Å²) in [5, 5.41) is 3.94. The van der Waals surface area contributed by atoms with Gasteiger partial charge in [0.1, 0.15) is 10.7 Å². The van der Waals surface area contributed by atoms with Crippen molar-refractivity contribution >= 4 is 10.0 Å². The van der Waals surface area contributed by atoms with Crippen LogP contribution in [-0.4, -0.2) is 52.2 Å². The van der Waals surface area contributed by atoms with Crippen LogP contribution in [0.25, 0.3) is 0 Å². The molecule has 1 aliphatic heterocycles. The van der Waals surface area contributed by atoms with Crippen LogP contribution in [0.3, 0.4) is 0 Å². The van der Waals surface area contributed by atoms with Crippen molar-refractivity contribution in [3.8, 4) is 0 Å². The van der Waals surface area contributed by atoms with Gasteiger partial charge in [-0.15, -0.1) is 0 Å². The zero-order chi connectivity index (χ0) is 15.0. The quantitative estimate of drug-likeness (QED) is 0.876. The van der Waals surface area contributed by atoms with Gasteiger partial charge in [-0.3, -0.25) is 4.68 Å². The first-order valence-corrected chi connectivity index (χ1v) is 7.99. The smallest absolute Gasteiger partial charge is 0.246 e. The van der Waals surface area contributed by atoms with E-state index in [1.165, 1.54) is 21.4 Å². The zero-order valence-corrected chi connectivity index (χ0v) is 12.6. The highest BCUT2D eigenvalue weighted by Crippen LogP contribution is 2.35. The Morgan fingerprint density at radius 2 is 2.29 bits per heavy atom. The molecule has 2 aromatic rings. The van der Waals surface area contributed by atoms with Gasteiger partial charge in [-0.2, -0.15) is 9.40 Å². The molecule has 0 aliphatic carbocycles. The number of H-pyrrole nitrogens is 1. The van der Waals surface area contributed by atoms with Crippen LogP contribution in [0.2, 0.25) is 0 Å². The van der Waals surface area contributed by atoms with Crippen molar-refractivity contribution in [3.05, 3.63) is 30.6 Å². The molecule has 3 rings (SSSR count). The Bertz CT molecular complexity index is 709. The fourth-order valence-corrected chi connectivity index (χ4v) is 4.20. The van der Waals surface area contributed by atoms with E-state index in [1.54, 1.807) is 26.6 Å². The summed E-state index contributed by atoms with van der Waals surface area (Å²) in [6.07, 6.45) is 6.58. The van der Waals surface area contributed by atoms with E-state index in [9.17, 15) is 8.42 Å². The van der Waals surface area contributed by atoms with E-state index >= 15 is 0 Å². The van der Waals surface area contributed by atoms with Gasteiger partial charge >= 0.3 is 0 Å². The van der Waals surface area contributed by atoms with Gasteiger partial charge in [0.25, 0.3) is 0 Å². The van der Waals surface area contributed by atoms with Gasteiger partial charge in [-0.1, -0.05) is 0 Å². The van der Waals surface area contributed by atoms with Crippen LogP contribution >= 0.6 is 0 Å². The maximum atomic E-state index is 12.8. The molecule has 21 heavy (non-hydrogen) atoms. The van der Waals surface area contributed by atoms with Crippen LogP contribution in [0.15, 0.2) is 29.7 Å². The molecule has 3 heterocycles. The van der Waals surface area contributed by atoms with E-state index in [-0.39, 0.29) is 17.0 Å². The van der Waals surface area contributed by atoms with Crippen LogP contribution < -0.4 is 0 Å². The molecule has 0 saturated carbocycles. The molecule has 0 amide bonds. The molecule has 1 N–H and O–H groups in total. The lowest BCUT2D eigenvalue weighted by Gasteiger charge is -2.21. The number of methoxy groups -OCH3 is 1. The fraction of sp³-hybridized carbons (Fsp3) is 0.500. The lowest BCUT2D eigenvalue weighted by atomic mass is 10.2. The Hall–Kier alpha value is -1.71. The van der Waals surface area contributed by atoms with Crippen molar-refractivity contribution in [1.29, 1.82) is 0 Å². The van der Waals surface area contributed by atoms with Crippen LogP contribution in [0.1, 0.15) is 18.3 Å². The molecular weight excluding hydrogens is 294 g/mol. The van der Waals surface area contributed by atoms with Gasteiger partial charge in [0.05, 0.1) is 18.3 Å². The minimum Gasteiger partial charge on any atom is -0.380 e. The summed E-state index contributed by atoms with van der Waals surface area (Å²) in [4.78, 5) is 7.36. The van der Waals surface area contributed by atoms with Crippen LogP contribution in [0.5, 0.6) is 0 Å². The predicted octanol–water partition coefficient (Wildman–Crippen LogP) is 0.294. The van der Waals surface area contributed by atoms with Crippen molar-refractivity contribution < 1.29 is 13.2 Å². The van der Waals surface area contributed by atoms with Gasteiger partial charge in [-0.05, 0) is 6.42 Å². The van der Waals surface area contributed by atoms with Gasteiger partial charge in [0.15, 0.2) is 0 Å². The van der Waals surface area contributed by atoms with E-state index in [4.69, 9.17) is 4.74 Å². The molecular formula is C12H17N5O3S. The fourth-order valence-electron chi connectivity index (χ4n) is 2.58. The Morgan fingerprint density at radius 1 is 1.48 bits per heavy atom. The average Bonchev–Trinajstić information content (AvgIpc) is 3.18. The van der Waals surface area contributed by atoms with Crippen molar-refractivity contribution in [2.24, 2.45) is 7.05 Å². The van der Waals surface area contributed by atoms with E-state index in [1.807, 2.05) is 0 Å². The third kappa shape index (κ3) is 2.47. The topological polar surface area (TPSA) is 93.1 Å². The number of aryl methyl sites for hydroxylation is 1. The van der Waals surface area contributed by atoms with Crippen molar-refractivity contribution in [2.75, 3.05) is 13.7 Å². The average molecular weight is 311 g/mol. The molecule has 0 aromatic carbocycles. The number of hydrogen-bond acceptors (Lipinski definition) is 5. The number of sulfonamides is 1. The monoisotopic (exact) mass is 311 g/mol. The van der Waals surface area contributed by atoms with Crippen molar-refractivity contribution in [3.63, 3.8) is 0 Å². The second kappa shape index (κ2) is 5.24. The molecule has 9 heteroatoms. The molecule has 0 radical (unpaired) electrons. The molecule has 2 atom stereocenters. The Kier molecular flexibility index (Phi) is 3.56. The third-order valence-electron chi connectivity index (χ3n) is 3.67. The van der Waals surface area contributed by atoms with Crippen LogP contribution in [0, 0.1) is 0 Å². The molecule has 0 bridgehead atoms. The maximum Gasteiger partial charge on any atom is 0.246 e. The van der Waals surface area contributed by atoms with E-state index in [0.717, 1.165) is 0 Å². The lowest BCUT2D eigenvalue weighted by Crippen LogP contribution is -2.32. The molecule has 114 valence electrons. The summed E-state index contributed by atoms with van der Waals surface area (Å²) in [7, 11) is -0.353. The highest BCUT2D eigenvalue weighted by atomic mass is 32.2. The molecule has 1 unspecified atom stereocenters. The first-order valence-electron chi connectivity index (χ1n) is 6.55. The lowest BCUT2D eigenvalue weighted by molar-refractivity contribution is 0.114. The minimum atomic E-state index is -3.63. The Labute approximate surface area is 122 Å². The highest BCUT2D eigenvalue weighted by molar-refractivity contribution is 7.89. The van der Waals surface area contributed by atoms with Crippen molar-refractivity contribution in [2.45, 2.75) is 23.5 Å². The highest BCUT2D eigenvalue weighted by Gasteiger charge is 2.42.